The van der Waals surface area contributed by atoms with Gasteiger partial charge in [-0.15, -0.1) is 0 Å². The molecule has 1 aromatic heterocycles. The molecule has 1 aliphatic heterocycles. The van der Waals surface area contributed by atoms with Crippen LogP contribution in [0.5, 0.6) is 0 Å². The van der Waals surface area contributed by atoms with Crippen molar-refractivity contribution in [1.82, 2.24) is 9.80 Å². The summed E-state index contributed by atoms with van der Waals surface area (Å²) in [5, 5.41) is 2.84. The number of carbonyl (C=O) groups is 2. The Labute approximate surface area is 153 Å². The number of rotatable bonds is 3. The van der Waals surface area contributed by atoms with Gasteiger partial charge in [-0.25, -0.2) is 4.79 Å². The zero-order valence-electron chi connectivity index (χ0n) is 15.7. The van der Waals surface area contributed by atoms with Crippen molar-refractivity contribution in [2.45, 2.75) is 26.8 Å². The summed E-state index contributed by atoms with van der Waals surface area (Å²) in [6, 6.07) is 9.40. The summed E-state index contributed by atoms with van der Waals surface area (Å²) < 4.78 is 6.03. The van der Waals surface area contributed by atoms with Crippen molar-refractivity contribution >= 4 is 17.6 Å². The molecule has 3 amide bonds. The molecule has 2 aromatic rings. The predicted octanol–water partition coefficient (Wildman–Crippen LogP) is 3.58. The highest BCUT2D eigenvalue weighted by molar-refractivity contribution is 5.89. The minimum atomic E-state index is -0.177. The lowest BCUT2D eigenvalue weighted by Crippen LogP contribution is -2.37. The number of benzene rings is 1. The van der Waals surface area contributed by atoms with Crippen molar-refractivity contribution in [3.05, 3.63) is 41.7 Å². The van der Waals surface area contributed by atoms with Crippen LogP contribution in [0.15, 0.2) is 34.7 Å². The third-order valence-corrected chi connectivity index (χ3v) is 4.48. The molecule has 0 fully saturated rings. The van der Waals surface area contributed by atoms with Crippen LogP contribution in [0.25, 0.3) is 11.3 Å². The molecule has 0 radical (unpaired) electrons. The Kier molecular flexibility index (Phi) is 5.02. The maximum Gasteiger partial charge on any atom is 0.321 e. The van der Waals surface area contributed by atoms with Crippen LogP contribution in [-0.2, 0) is 17.8 Å². The molecule has 0 atom stereocenters. The Balaban J connectivity index is 1.80. The van der Waals surface area contributed by atoms with Gasteiger partial charge in [0.25, 0.3) is 0 Å². The molecule has 0 saturated carbocycles. The van der Waals surface area contributed by atoms with Crippen LogP contribution in [0, 0.1) is 5.92 Å². The van der Waals surface area contributed by atoms with E-state index in [1.165, 1.54) is 4.90 Å². The molecular formula is C20H25N3O3. The number of hydrogen-bond donors (Lipinski definition) is 1. The van der Waals surface area contributed by atoms with Gasteiger partial charge in [-0.2, -0.15) is 0 Å². The van der Waals surface area contributed by atoms with E-state index in [1.54, 1.807) is 14.1 Å². The van der Waals surface area contributed by atoms with E-state index in [9.17, 15) is 9.59 Å². The molecule has 6 heteroatoms. The van der Waals surface area contributed by atoms with Gasteiger partial charge in [-0.3, -0.25) is 4.79 Å². The second-order valence-electron chi connectivity index (χ2n) is 7.13. The Morgan fingerprint density at radius 2 is 2.00 bits per heavy atom. The van der Waals surface area contributed by atoms with Crippen LogP contribution in [0.3, 0.4) is 0 Å². The van der Waals surface area contributed by atoms with Crippen LogP contribution in [0.4, 0.5) is 10.5 Å². The second-order valence-corrected chi connectivity index (χ2v) is 7.13. The van der Waals surface area contributed by atoms with Crippen LogP contribution < -0.4 is 5.32 Å². The van der Waals surface area contributed by atoms with E-state index in [0.717, 1.165) is 29.1 Å². The van der Waals surface area contributed by atoms with Crippen LogP contribution in [-0.4, -0.2) is 42.4 Å². The molecule has 1 N–H and O–H groups in total. The van der Waals surface area contributed by atoms with Gasteiger partial charge in [0.05, 0.1) is 0 Å². The van der Waals surface area contributed by atoms with Crippen molar-refractivity contribution in [3.63, 3.8) is 0 Å². The van der Waals surface area contributed by atoms with Gasteiger partial charge in [0, 0.05) is 56.3 Å². The molecule has 138 valence electrons. The summed E-state index contributed by atoms with van der Waals surface area (Å²) in [6.45, 7) is 5.13. The quantitative estimate of drug-likeness (QED) is 0.915. The molecule has 0 bridgehead atoms. The number of fused-ring (bicyclic) bond motifs is 1. The Bertz CT molecular complexity index is 823. The molecule has 1 aliphatic rings. The molecule has 0 saturated heterocycles. The van der Waals surface area contributed by atoms with Gasteiger partial charge in [0.2, 0.25) is 5.91 Å². The maximum absolute atomic E-state index is 12.2. The first kappa shape index (κ1) is 18.0. The maximum atomic E-state index is 12.2. The predicted molar refractivity (Wildman–Crippen MR) is 101 cm³/mol. The minimum absolute atomic E-state index is 0.0000822. The summed E-state index contributed by atoms with van der Waals surface area (Å²) in [7, 11) is 3.40. The lowest BCUT2D eigenvalue weighted by molar-refractivity contribution is -0.135. The van der Waals surface area contributed by atoms with E-state index in [1.807, 2.05) is 49.1 Å². The van der Waals surface area contributed by atoms with E-state index < -0.39 is 0 Å². The van der Waals surface area contributed by atoms with Crippen molar-refractivity contribution in [3.8, 4) is 11.3 Å². The Morgan fingerprint density at radius 3 is 2.69 bits per heavy atom. The fourth-order valence-corrected chi connectivity index (χ4v) is 3.01. The zero-order chi connectivity index (χ0) is 18.8. The first-order valence-corrected chi connectivity index (χ1v) is 8.84. The number of nitrogens with one attached hydrogen (secondary N) is 1. The third-order valence-electron chi connectivity index (χ3n) is 4.48. The highest BCUT2D eigenvalue weighted by Crippen LogP contribution is 2.31. The van der Waals surface area contributed by atoms with Gasteiger partial charge in [-0.05, 0) is 18.2 Å². The van der Waals surface area contributed by atoms with Crippen LogP contribution in [0.1, 0.15) is 25.2 Å². The summed E-state index contributed by atoms with van der Waals surface area (Å²) in [5.41, 5.74) is 2.67. The van der Waals surface area contributed by atoms with Gasteiger partial charge < -0.3 is 19.5 Å². The minimum Gasteiger partial charge on any atom is -0.461 e. The SMILES string of the molecule is CC(C)C(=O)N1CCc2oc(-c3cccc(NC(=O)N(C)C)c3)cc2C1. The second kappa shape index (κ2) is 7.23. The fraction of sp³-hybridized carbons (Fsp3) is 0.400. The average molecular weight is 355 g/mol. The van der Waals surface area contributed by atoms with Gasteiger partial charge >= 0.3 is 6.03 Å². The van der Waals surface area contributed by atoms with Crippen LogP contribution >= 0.6 is 0 Å². The number of furan rings is 1. The van der Waals surface area contributed by atoms with E-state index >= 15 is 0 Å². The monoisotopic (exact) mass is 355 g/mol. The molecule has 1 aromatic carbocycles. The fourth-order valence-electron chi connectivity index (χ4n) is 3.01. The molecule has 6 nitrogen and oxygen atoms in total. The highest BCUT2D eigenvalue weighted by atomic mass is 16.3. The van der Waals surface area contributed by atoms with Crippen molar-refractivity contribution < 1.29 is 14.0 Å². The summed E-state index contributed by atoms with van der Waals surface area (Å²) in [6.07, 6.45) is 0.727. The van der Waals surface area contributed by atoms with Crippen molar-refractivity contribution in [2.75, 3.05) is 26.0 Å². The molecule has 3 rings (SSSR count). The summed E-state index contributed by atoms with van der Waals surface area (Å²) in [5.74, 6) is 1.87. The van der Waals surface area contributed by atoms with Crippen molar-refractivity contribution in [2.24, 2.45) is 5.92 Å². The van der Waals surface area contributed by atoms with E-state index in [2.05, 4.69) is 5.32 Å². The first-order valence-electron chi connectivity index (χ1n) is 8.84. The topological polar surface area (TPSA) is 65.8 Å². The summed E-state index contributed by atoms with van der Waals surface area (Å²) in [4.78, 5) is 27.4. The molecule has 0 unspecified atom stereocenters. The molecule has 2 heterocycles. The Morgan fingerprint density at radius 1 is 1.23 bits per heavy atom. The largest absolute Gasteiger partial charge is 0.461 e. The van der Waals surface area contributed by atoms with E-state index in [4.69, 9.17) is 4.42 Å². The number of amides is 3. The molecule has 26 heavy (non-hydrogen) atoms. The zero-order valence-corrected chi connectivity index (χ0v) is 15.7. The first-order chi connectivity index (χ1) is 12.3. The van der Waals surface area contributed by atoms with Gasteiger partial charge in [0.15, 0.2) is 0 Å². The summed E-state index contributed by atoms with van der Waals surface area (Å²) >= 11 is 0. The standard InChI is InChI=1S/C20H25N3O3/c1-13(2)19(24)23-9-8-17-15(12-23)11-18(26-17)14-6-5-7-16(10-14)21-20(25)22(3)4/h5-7,10-11,13H,8-9,12H2,1-4H3,(H,21,25). The van der Waals surface area contributed by atoms with Gasteiger partial charge in [0.1, 0.15) is 11.5 Å². The number of anilines is 1. The number of hydrogen-bond acceptors (Lipinski definition) is 3. The normalized spacial score (nSPS) is 13.5. The molecular weight excluding hydrogens is 330 g/mol. The van der Waals surface area contributed by atoms with E-state index in [-0.39, 0.29) is 17.9 Å². The Hall–Kier alpha value is -2.76. The highest BCUT2D eigenvalue weighted by Gasteiger charge is 2.25. The lowest BCUT2D eigenvalue weighted by atomic mass is 10.1. The molecule has 0 spiro atoms. The van der Waals surface area contributed by atoms with Gasteiger partial charge in [-0.1, -0.05) is 26.0 Å². The number of carbonyl (C=O) groups excluding carboxylic acids is 2. The average Bonchev–Trinajstić information content (AvgIpc) is 3.04. The number of urea groups is 1. The van der Waals surface area contributed by atoms with E-state index in [0.29, 0.717) is 18.8 Å². The molecule has 0 aliphatic carbocycles. The van der Waals surface area contributed by atoms with Crippen LogP contribution in [0.2, 0.25) is 0 Å². The smallest absolute Gasteiger partial charge is 0.321 e. The lowest BCUT2D eigenvalue weighted by Gasteiger charge is -2.27. The van der Waals surface area contributed by atoms with Crippen molar-refractivity contribution in [1.29, 1.82) is 0 Å². The third kappa shape index (κ3) is 3.74. The number of nitrogens with zero attached hydrogens (tertiary/aromatic N) is 2.